The molecule has 1 aliphatic heterocycles. The number of alkyl halides is 2. The average Bonchev–Trinajstić information content (AvgIpc) is 3.14. The number of oxime groups is 1. The Morgan fingerprint density at radius 2 is 2.11 bits per heavy atom. The van der Waals surface area contributed by atoms with Crippen molar-refractivity contribution >= 4 is 69.1 Å². The quantitative estimate of drug-likeness (QED) is 0.150. The van der Waals surface area contributed by atoms with Crippen LogP contribution in [0.2, 0.25) is 0 Å². The number of carbonyl (C=O) groups excluding carboxylic acids is 4. The Morgan fingerprint density at radius 1 is 1.36 bits per heavy atom. The molecule has 11 nitrogen and oxygen atoms in total. The van der Waals surface area contributed by atoms with Crippen molar-refractivity contribution in [2.45, 2.75) is 12.1 Å². The highest BCUT2D eigenvalue weighted by Crippen LogP contribution is 2.17. The highest BCUT2D eigenvalue weighted by molar-refractivity contribution is 7.14. The van der Waals surface area contributed by atoms with Crippen molar-refractivity contribution < 1.29 is 28.8 Å². The van der Waals surface area contributed by atoms with Crippen LogP contribution in [0.5, 0.6) is 0 Å². The van der Waals surface area contributed by atoms with Gasteiger partial charge in [-0.1, -0.05) is 5.16 Å². The van der Waals surface area contributed by atoms with Crippen molar-refractivity contribution in [3.63, 3.8) is 0 Å². The van der Waals surface area contributed by atoms with E-state index in [2.05, 4.69) is 30.9 Å². The lowest BCUT2D eigenvalue weighted by molar-refractivity contribution is -0.146. The molecule has 0 unspecified atom stereocenters. The predicted octanol–water partition coefficient (Wildman–Crippen LogP) is -0.564. The van der Waals surface area contributed by atoms with E-state index in [1.165, 1.54) is 12.5 Å². The molecule has 1 saturated heterocycles. The Kier molecular flexibility index (Phi) is 7.96. The second-order valence-electron chi connectivity index (χ2n) is 5.23. The van der Waals surface area contributed by atoms with Crippen LogP contribution >= 0.6 is 34.5 Å². The molecule has 0 saturated carbocycles. The van der Waals surface area contributed by atoms with Crippen molar-refractivity contribution in [1.29, 1.82) is 0 Å². The minimum absolute atomic E-state index is 0.124. The summed E-state index contributed by atoms with van der Waals surface area (Å²) in [5.41, 5.74) is -0.0830. The first-order chi connectivity index (χ1) is 13.4. The van der Waals surface area contributed by atoms with Crippen LogP contribution in [-0.2, 0) is 28.8 Å². The molecule has 0 aliphatic carbocycles. The van der Waals surface area contributed by atoms with Crippen LogP contribution in [0.25, 0.3) is 0 Å². The Labute approximate surface area is 172 Å². The van der Waals surface area contributed by atoms with E-state index in [0.29, 0.717) is 0 Å². The van der Waals surface area contributed by atoms with Gasteiger partial charge in [0.2, 0.25) is 11.8 Å². The second kappa shape index (κ2) is 10.2. The van der Waals surface area contributed by atoms with Crippen LogP contribution in [0, 0.1) is 0 Å². The average molecular weight is 452 g/mol. The zero-order chi connectivity index (χ0) is 20.7. The minimum atomic E-state index is -0.938. The first-order valence-corrected chi connectivity index (χ1v) is 9.60. The molecular formula is C14H15Cl2N5O6S. The van der Waals surface area contributed by atoms with Gasteiger partial charge < -0.3 is 25.5 Å². The normalized spacial score (nSPS) is 18.5. The van der Waals surface area contributed by atoms with Gasteiger partial charge in [0.05, 0.1) is 6.04 Å². The first-order valence-electron chi connectivity index (χ1n) is 7.65. The monoisotopic (exact) mass is 451 g/mol. The Balaban J connectivity index is 2.04. The molecule has 0 aromatic carbocycles. The SMILES string of the molecule is CON=C(C(=O)N[C@@H]1C(=O)N[C@@H]1COC(=O)CCl)c1csc(NC(=O)CCl)n1. The summed E-state index contributed by atoms with van der Waals surface area (Å²) in [6, 6.07) is -1.55. The fourth-order valence-electron chi connectivity index (χ4n) is 2.07. The number of aromatic nitrogens is 1. The van der Waals surface area contributed by atoms with Gasteiger partial charge in [-0.25, -0.2) is 4.98 Å². The van der Waals surface area contributed by atoms with Gasteiger partial charge in [-0.2, -0.15) is 0 Å². The molecule has 152 valence electrons. The summed E-state index contributed by atoms with van der Waals surface area (Å²) < 4.78 is 4.85. The number of hydrogen-bond donors (Lipinski definition) is 3. The van der Waals surface area contributed by atoms with E-state index in [1.54, 1.807) is 0 Å². The van der Waals surface area contributed by atoms with Crippen LogP contribution in [0.4, 0.5) is 5.13 Å². The van der Waals surface area contributed by atoms with Gasteiger partial charge in [0.1, 0.15) is 37.2 Å². The maximum absolute atomic E-state index is 12.5. The molecule has 1 fully saturated rings. The molecule has 2 rings (SSSR count). The van der Waals surface area contributed by atoms with Gasteiger partial charge in [-0.15, -0.1) is 34.5 Å². The maximum Gasteiger partial charge on any atom is 0.320 e. The van der Waals surface area contributed by atoms with Crippen molar-refractivity contribution in [1.82, 2.24) is 15.6 Å². The van der Waals surface area contributed by atoms with Crippen LogP contribution in [0.15, 0.2) is 10.5 Å². The summed E-state index contributed by atoms with van der Waals surface area (Å²) in [5.74, 6) is -2.88. The van der Waals surface area contributed by atoms with Crippen LogP contribution < -0.4 is 16.0 Å². The summed E-state index contributed by atoms with van der Waals surface area (Å²) in [5, 5.41) is 12.7. The molecule has 1 aliphatic rings. The number of rotatable bonds is 9. The van der Waals surface area contributed by atoms with Crippen LogP contribution in [0.1, 0.15) is 5.69 Å². The van der Waals surface area contributed by atoms with E-state index in [4.69, 9.17) is 27.9 Å². The van der Waals surface area contributed by atoms with Gasteiger partial charge in [0, 0.05) is 5.38 Å². The maximum atomic E-state index is 12.5. The topological polar surface area (TPSA) is 148 Å². The lowest BCUT2D eigenvalue weighted by atomic mass is 9.99. The zero-order valence-electron chi connectivity index (χ0n) is 14.4. The number of thiazole rings is 1. The number of carbonyl (C=O) groups is 4. The lowest BCUT2D eigenvalue weighted by Crippen LogP contribution is -2.71. The summed E-state index contributed by atoms with van der Waals surface area (Å²) in [6.45, 7) is -0.149. The Hall–Kier alpha value is -2.44. The third-order valence-electron chi connectivity index (χ3n) is 3.34. The highest BCUT2D eigenvalue weighted by Gasteiger charge is 2.42. The molecule has 2 heterocycles. The van der Waals surface area contributed by atoms with E-state index in [1.807, 2.05) is 0 Å². The third-order valence-corrected chi connectivity index (χ3v) is 4.56. The number of ether oxygens (including phenoxy) is 1. The molecule has 0 bridgehead atoms. The molecule has 0 spiro atoms. The third kappa shape index (κ3) is 5.53. The molecule has 28 heavy (non-hydrogen) atoms. The Bertz CT molecular complexity index is 801. The highest BCUT2D eigenvalue weighted by atomic mass is 35.5. The number of anilines is 1. The van der Waals surface area contributed by atoms with Crippen molar-refractivity contribution in [3.05, 3.63) is 11.1 Å². The smallest absolute Gasteiger partial charge is 0.320 e. The summed E-state index contributed by atoms with van der Waals surface area (Å²) in [4.78, 5) is 55.4. The minimum Gasteiger partial charge on any atom is -0.463 e. The number of halogens is 2. The molecule has 0 radical (unpaired) electrons. The molecule has 1 aromatic rings. The molecule has 3 amide bonds. The predicted molar refractivity (Wildman–Crippen MR) is 101 cm³/mol. The van der Waals surface area contributed by atoms with Crippen LogP contribution in [0.3, 0.4) is 0 Å². The number of nitrogens with zero attached hydrogens (tertiary/aromatic N) is 2. The van der Waals surface area contributed by atoms with Gasteiger partial charge >= 0.3 is 5.97 Å². The number of esters is 1. The fourth-order valence-corrected chi connectivity index (χ4v) is 2.92. The van der Waals surface area contributed by atoms with Crippen LogP contribution in [-0.4, -0.2) is 71.9 Å². The summed E-state index contributed by atoms with van der Waals surface area (Å²) in [6.07, 6.45) is 0. The second-order valence-corrected chi connectivity index (χ2v) is 6.62. The molecule has 2 atom stereocenters. The summed E-state index contributed by atoms with van der Waals surface area (Å²) >= 11 is 11.8. The molecular weight excluding hydrogens is 437 g/mol. The lowest BCUT2D eigenvalue weighted by Gasteiger charge is -2.36. The van der Waals surface area contributed by atoms with E-state index < -0.39 is 35.8 Å². The largest absolute Gasteiger partial charge is 0.463 e. The van der Waals surface area contributed by atoms with Crippen molar-refractivity contribution in [2.24, 2.45) is 5.16 Å². The fraction of sp³-hybridized carbons (Fsp3) is 0.429. The first kappa shape index (κ1) is 21.9. The van der Waals surface area contributed by atoms with Gasteiger partial charge in [0.25, 0.3) is 5.91 Å². The number of β-lactam (4-membered cyclic amide) rings is 1. The van der Waals surface area contributed by atoms with E-state index in [0.717, 1.165) is 11.3 Å². The van der Waals surface area contributed by atoms with E-state index in [9.17, 15) is 19.2 Å². The number of hydrogen-bond acceptors (Lipinski definition) is 9. The number of amides is 3. The number of nitrogens with one attached hydrogen (secondary N) is 3. The van der Waals surface area contributed by atoms with Gasteiger partial charge in [-0.3, -0.25) is 19.2 Å². The molecule has 3 N–H and O–H groups in total. The van der Waals surface area contributed by atoms with Gasteiger partial charge in [-0.05, 0) is 0 Å². The summed E-state index contributed by atoms with van der Waals surface area (Å²) in [7, 11) is 1.24. The van der Waals surface area contributed by atoms with E-state index >= 15 is 0 Å². The van der Waals surface area contributed by atoms with Crippen molar-refractivity contribution in [3.8, 4) is 0 Å². The van der Waals surface area contributed by atoms with Crippen molar-refractivity contribution in [2.75, 3.05) is 30.8 Å². The molecule has 14 heteroatoms. The van der Waals surface area contributed by atoms with E-state index in [-0.39, 0.29) is 34.9 Å². The molecule has 1 aromatic heterocycles. The standard InChI is InChI=1S/C14H15Cl2N5O6S/c1-26-21-11(7-5-28-14(18-7)19-8(22)2-15)13(25)20-10-6(17-12(10)24)4-27-9(23)3-16/h5-6,10H,2-4H2,1H3,(H,17,24)(H,20,25)(H,18,19,22)/t6-,10+/m1/s1. The Morgan fingerprint density at radius 3 is 2.71 bits per heavy atom. The zero-order valence-corrected chi connectivity index (χ0v) is 16.7. The van der Waals surface area contributed by atoms with Gasteiger partial charge in [0.15, 0.2) is 10.8 Å².